The van der Waals surface area contributed by atoms with E-state index in [4.69, 9.17) is 11.6 Å². The van der Waals surface area contributed by atoms with Crippen molar-refractivity contribution < 1.29 is 13.5 Å². The Morgan fingerprint density at radius 2 is 1.41 bits per heavy atom. The van der Waals surface area contributed by atoms with Crippen LogP contribution < -0.4 is 21.5 Å². The minimum atomic E-state index is -3.96. The zero-order chi connectivity index (χ0) is 26.2. The Morgan fingerprint density at radius 3 is 2.05 bits per heavy atom. The summed E-state index contributed by atoms with van der Waals surface area (Å²) < 4.78 is 27.2. The van der Waals surface area contributed by atoms with Crippen LogP contribution in [0, 0.1) is 0 Å². The number of nitrogens with zero attached hydrogens (tertiary/aromatic N) is 2. The van der Waals surface area contributed by atoms with Gasteiger partial charge >= 0.3 is 0 Å². The van der Waals surface area contributed by atoms with E-state index >= 15 is 0 Å². The molecule has 196 valence electrons. The second kappa shape index (κ2) is 10.4. The molecule has 2 aliphatic heterocycles. The third kappa shape index (κ3) is 4.98. The fourth-order valence-corrected chi connectivity index (χ4v) is 7.47. The van der Waals surface area contributed by atoms with E-state index in [0.29, 0.717) is 31.6 Å². The first-order valence-electron chi connectivity index (χ1n) is 12.4. The highest BCUT2D eigenvalue weighted by atomic mass is 35.5. The number of hydrazine groups is 1. The highest BCUT2D eigenvalue weighted by molar-refractivity contribution is 7.92. The normalized spacial score (nSPS) is 18.2. The number of hydrogen-bond donors (Lipinski definition) is 3. The molecule has 2 saturated heterocycles. The van der Waals surface area contributed by atoms with Crippen molar-refractivity contribution in [2.24, 2.45) is 0 Å². The lowest BCUT2D eigenvalue weighted by atomic mass is 10.1. The quantitative estimate of drug-likeness (QED) is 0.301. The number of hydrogen-bond acceptors (Lipinski definition) is 9. The summed E-state index contributed by atoms with van der Waals surface area (Å²) in [6, 6.07) is 11.6. The summed E-state index contributed by atoms with van der Waals surface area (Å²) in [4.78, 5) is 24.1. The van der Waals surface area contributed by atoms with Crippen LogP contribution in [-0.4, -0.2) is 55.0 Å². The lowest BCUT2D eigenvalue weighted by Crippen LogP contribution is -2.50. The minimum Gasteiger partial charge on any atom is -0.504 e. The van der Waals surface area contributed by atoms with Crippen LogP contribution in [0.25, 0.3) is 0 Å². The van der Waals surface area contributed by atoms with Gasteiger partial charge in [0.1, 0.15) is 16.3 Å². The molecule has 11 heteroatoms. The monoisotopic (exact) mass is 544 g/mol. The van der Waals surface area contributed by atoms with E-state index in [9.17, 15) is 23.1 Å². The maximum absolute atomic E-state index is 13.6. The molecule has 5 rings (SSSR count). The van der Waals surface area contributed by atoms with Crippen molar-refractivity contribution in [1.29, 1.82) is 0 Å². The van der Waals surface area contributed by atoms with Crippen molar-refractivity contribution in [2.45, 2.75) is 42.2 Å². The molecule has 9 nitrogen and oxygen atoms in total. The first-order chi connectivity index (χ1) is 17.8. The Bertz CT molecular complexity index is 1460. The molecule has 3 aromatic carbocycles. The molecule has 2 heterocycles. The van der Waals surface area contributed by atoms with Gasteiger partial charge in [-0.3, -0.25) is 9.59 Å². The highest BCUT2D eigenvalue weighted by Gasteiger charge is 2.37. The molecule has 0 radical (unpaired) electrons. The van der Waals surface area contributed by atoms with Crippen LogP contribution in [0.5, 0.6) is 5.75 Å². The first-order valence-corrected chi connectivity index (χ1v) is 14.4. The molecule has 2 fully saturated rings. The van der Waals surface area contributed by atoms with Crippen LogP contribution in [0.3, 0.4) is 0 Å². The van der Waals surface area contributed by atoms with Gasteiger partial charge in [-0.15, -0.1) is 0 Å². The molecular formula is C26H29ClN4O5S. The molecule has 0 unspecified atom stereocenters. The van der Waals surface area contributed by atoms with Gasteiger partial charge in [0.25, 0.3) is 10.9 Å². The number of piperidine rings is 2. The summed E-state index contributed by atoms with van der Waals surface area (Å²) in [7, 11) is -3.96. The van der Waals surface area contributed by atoms with E-state index in [2.05, 4.69) is 20.7 Å². The van der Waals surface area contributed by atoms with Crippen LogP contribution in [0.1, 0.15) is 32.1 Å². The molecule has 0 spiro atoms. The molecule has 2 aliphatic rings. The van der Waals surface area contributed by atoms with Gasteiger partial charge in [-0.1, -0.05) is 36.2 Å². The Morgan fingerprint density at radius 1 is 0.811 bits per heavy atom. The molecule has 0 aromatic heterocycles. The number of rotatable bonds is 7. The second-order valence-electron chi connectivity index (χ2n) is 9.51. The average molecular weight is 545 g/mol. The summed E-state index contributed by atoms with van der Waals surface area (Å²) in [5.41, 5.74) is -0.880. The number of para-hydroxylation sites is 1. The predicted octanol–water partition coefficient (Wildman–Crippen LogP) is 3.77. The van der Waals surface area contributed by atoms with Crippen LogP contribution in [0.4, 0.5) is 22.7 Å². The molecular weight excluding hydrogens is 516 g/mol. The Hall–Kier alpha value is -2.92. The Kier molecular flexibility index (Phi) is 7.26. The summed E-state index contributed by atoms with van der Waals surface area (Å²) >= 11 is 6.30. The van der Waals surface area contributed by atoms with E-state index in [1.54, 1.807) is 24.3 Å². The molecule has 0 saturated carbocycles. The number of halogens is 1. The predicted molar refractivity (Wildman–Crippen MR) is 145 cm³/mol. The van der Waals surface area contributed by atoms with Gasteiger partial charge in [0, 0.05) is 31.9 Å². The number of anilines is 4. The van der Waals surface area contributed by atoms with Crippen LogP contribution >= 0.6 is 11.6 Å². The van der Waals surface area contributed by atoms with E-state index in [1.807, 2.05) is 6.07 Å². The van der Waals surface area contributed by atoms with Gasteiger partial charge in [-0.05, 0) is 49.9 Å². The number of nitrogens with one attached hydrogen (secondary N) is 2. The summed E-state index contributed by atoms with van der Waals surface area (Å²) in [5.74, 6) is -0.565. The molecule has 3 aromatic rings. The van der Waals surface area contributed by atoms with Crippen LogP contribution in [0.2, 0.25) is 5.02 Å². The number of aromatic hydroxyl groups is 1. The van der Waals surface area contributed by atoms with Gasteiger partial charge in [-0.2, -0.15) is 0 Å². The number of phenols is 1. The third-order valence-electron chi connectivity index (χ3n) is 7.17. The Balaban J connectivity index is 1.37. The minimum absolute atomic E-state index is 0.0167. The standard InChI is InChI=1S/C26H29ClN4O5S/c27-19-9-10-20(29-22-21(24(33)25(22)34)28-17-7-3-1-4-8-17)23(32)26(19)37(35,36)18-11-15-31(16-12-18)30-13-5-2-6-14-30/h1,3-4,7-10,18,28-29,32H,2,5-6,11-16H2. The summed E-state index contributed by atoms with van der Waals surface area (Å²) in [6.07, 6.45) is 4.37. The smallest absolute Gasteiger partial charge is 0.253 e. The van der Waals surface area contributed by atoms with Crippen molar-refractivity contribution in [3.8, 4) is 5.75 Å². The van der Waals surface area contributed by atoms with Gasteiger partial charge in [0.15, 0.2) is 15.6 Å². The van der Waals surface area contributed by atoms with Crippen molar-refractivity contribution in [3.05, 3.63) is 67.9 Å². The van der Waals surface area contributed by atoms with Crippen molar-refractivity contribution in [3.63, 3.8) is 0 Å². The third-order valence-corrected chi connectivity index (χ3v) is 9.93. The van der Waals surface area contributed by atoms with Crippen molar-refractivity contribution in [2.75, 3.05) is 36.8 Å². The van der Waals surface area contributed by atoms with Crippen molar-refractivity contribution in [1.82, 2.24) is 10.0 Å². The van der Waals surface area contributed by atoms with E-state index in [1.165, 1.54) is 18.6 Å². The van der Waals surface area contributed by atoms with E-state index < -0.39 is 31.7 Å². The number of benzene rings is 2. The zero-order valence-electron chi connectivity index (χ0n) is 20.2. The largest absolute Gasteiger partial charge is 0.504 e. The zero-order valence-corrected chi connectivity index (χ0v) is 21.8. The molecule has 0 bridgehead atoms. The molecule has 0 aliphatic carbocycles. The number of sulfone groups is 1. The fraction of sp³-hybridized carbons (Fsp3) is 0.385. The molecule has 37 heavy (non-hydrogen) atoms. The van der Waals surface area contributed by atoms with Gasteiger partial charge in [-0.25, -0.2) is 18.4 Å². The maximum Gasteiger partial charge on any atom is 0.253 e. The highest BCUT2D eigenvalue weighted by Crippen LogP contribution is 2.41. The van der Waals surface area contributed by atoms with Gasteiger partial charge in [0.05, 0.1) is 16.0 Å². The van der Waals surface area contributed by atoms with Crippen LogP contribution in [0.15, 0.2) is 56.9 Å². The molecule has 3 N–H and O–H groups in total. The van der Waals surface area contributed by atoms with Gasteiger partial charge in [0.2, 0.25) is 0 Å². The van der Waals surface area contributed by atoms with E-state index in [0.717, 1.165) is 25.9 Å². The van der Waals surface area contributed by atoms with Crippen LogP contribution in [-0.2, 0) is 9.84 Å². The maximum atomic E-state index is 13.6. The SMILES string of the molecule is O=c1c(Nc2ccccc2)c(Nc2ccc(Cl)c(S(=O)(=O)C3CCN(N4CCCCC4)CC3)c2O)c1=O. The fourth-order valence-electron chi connectivity index (χ4n) is 5.11. The van der Waals surface area contributed by atoms with Gasteiger partial charge < -0.3 is 15.7 Å². The lowest BCUT2D eigenvalue weighted by Gasteiger charge is -2.41. The number of phenolic OH excluding ortho intramolecular Hbond substituents is 1. The topological polar surface area (TPSA) is 119 Å². The summed E-state index contributed by atoms with van der Waals surface area (Å²) in [5, 5.41) is 20.4. The Labute approximate surface area is 220 Å². The lowest BCUT2D eigenvalue weighted by molar-refractivity contribution is -0.0511. The first kappa shape index (κ1) is 25.7. The van der Waals surface area contributed by atoms with Crippen molar-refractivity contribution >= 4 is 44.2 Å². The molecule has 0 atom stereocenters. The average Bonchev–Trinajstić information content (AvgIpc) is 2.92. The summed E-state index contributed by atoms with van der Waals surface area (Å²) in [6.45, 7) is 3.24. The molecule has 0 amide bonds. The van der Waals surface area contributed by atoms with E-state index in [-0.39, 0.29) is 27.0 Å². The second-order valence-corrected chi connectivity index (χ2v) is 12.1.